The number of rotatable bonds is 6. The number of nitrogens with one attached hydrogen (secondary N) is 1. The number of benzene rings is 2. The number of nitrogens with zero attached hydrogens (tertiary/aromatic N) is 1. The van der Waals surface area contributed by atoms with Gasteiger partial charge in [0.25, 0.3) is 5.91 Å². The monoisotopic (exact) mass is 396 g/mol. The van der Waals surface area contributed by atoms with Crippen LogP contribution >= 0.6 is 11.6 Å². The molecule has 0 atom stereocenters. The molecular formula is C18H15ClF2N2O4. The Morgan fingerprint density at radius 2 is 1.70 bits per heavy atom. The van der Waals surface area contributed by atoms with Gasteiger partial charge in [0.15, 0.2) is 6.61 Å². The Hall–Kier alpha value is -3.00. The third-order valence-corrected chi connectivity index (χ3v) is 3.78. The summed E-state index contributed by atoms with van der Waals surface area (Å²) in [5.74, 6) is -4.76. The lowest BCUT2D eigenvalue weighted by Gasteiger charge is -2.17. The summed E-state index contributed by atoms with van der Waals surface area (Å²) in [5.41, 5.74) is -0.504. The van der Waals surface area contributed by atoms with E-state index in [1.54, 1.807) is 24.3 Å². The molecule has 0 bridgehead atoms. The summed E-state index contributed by atoms with van der Waals surface area (Å²) >= 11 is 5.92. The van der Waals surface area contributed by atoms with Gasteiger partial charge in [-0.2, -0.15) is 0 Å². The second-order valence-corrected chi connectivity index (χ2v) is 5.86. The van der Waals surface area contributed by atoms with Crippen molar-refractivity contribution in [2.75, 3.05) is 25.5 Å². The fourth-order valence-corrected chi connectivity index (χ4v) is 2.24. The van der Waals surface area contributed by atoms with Crippen molar-refractivity contribution in [2.24, 2.45) is 0 Å². The summed E-state index contributed by atoms with van der Waals surface area (Å²) < 4.78 is 31.6. The second kappa shape index (κ2) is 9.09. The van der Waals surface area contributed by atoms with E-state index in [0.29, 0.717) is 10.7 Å². The van der Waals surface area contributed by atoms with Crippen LogP contribution in [0.3, 0.4) is 0 Å². The molecule has 0 spiro atoms. The highest BCUT2D eigenvalue weighted by molar-refractivity contribution is 6.33. The fraction of sp³-hybridized carbons (Fsp3) is 0.167. The highest BCUT2D eigenvalue weighted by atomic mass is 35.5. The van der Waals surface area contributed by atoms with Gasteiger partial charge in [-0.15, -0.1) is 0 Å². The molecule has 2 amide bonds. The number of para-hydroxylation sites is 1. The molecule has 2 aromatic rings. The first-order chi connectivity index (χ1) is 12.8. The van der Waals surface area contributed by atoms with E-state index in [2.05, 4.69) is 10.1 Å². The molecule has 142 valence electrons. The average Bonchev–Trinajstić information content (AvgIpc) is 2.61. The third kappa shape index (κ3) is 5.49. The summed E-state index contributed by atoms with van der Waals surface area (Å²) in [6.45, 7) is -1.11. The SMILES string of the molecule is CN(CC(=O)Nc1ccccc1Cl)C(=O)COC(=O)c1c(F)cccc1F. The van der Waals surface area contributed by atoms with Crippen molar-refractivity contribution in [1.29, 1.82) is 0 Å². The smallest absolute Gasteiger partial charge is 0.344 e. The zero-order valence-electron chi connectivity index (χ0n) is 14.2. The molecule has 0 aliphatic heterocycles. The van der Waals surface area contributed by atoms with Crippen LogP contribution < -0.4 is 5.32 Å². The van der Waals surface area contributed by atoms with E-state index in [-0.39, 0.29) is 6.54 Å². The summed E-state index contributed by atoms with van der Waals surface area (Å²) in [6.07, 6.45) is 0. The maximum Gasteiger partial charge on any atom is 0.344 e. The Morgan fingerprint density at radius 3 is 2.33 bits per heavy atom. The molecule has 0 fully saturated rings. The van der Waals surface area contributed by atoms with E-state index in [9.17, 15) is 23.2 Å². The van der Waals surface area contributed by atoms with Crippen LogP contribution in [0.25, 0.3) is 0 Å². The Bertz CT molecular complexity index is 856. The van der Waals surface area contributed by atoms with Crippen molar-refractivity contribution in [3.05, 3.63) is 64.7 Å². The molecule has 0 aromatic heterocycles. The van der Waals surface area contributed by atoms with E-state index in [1.165, 1.54) is 7.05 Å². The minimum Gasteiger partial charge on any atom is -0.452 e. The van der Waals surface area contributed by atoms with Crippen molar-refractivity contribution in [3.63, 3.8) is 0 Å². The van der Waals surface area contributed by atoms with Crippen LogP contribution in [0.5, 0.6) is 0 Å². The topological polar surface area (TPSA) is 75.7 Å². The number of hydrogen-bond acceptors (Lipinski definition) is 4. The van der Waals surface area contributed by atoms with E-state index in [0.717, 1.165) is 23.1 Å². The van der Waals surface area contributed by atoms with Gasteiger partial charge in [0.2, 0.25) is 5.91 Å². The normalized spacial score (nSPS) is 10.2. The Labute approximate surface area is 158 Å². The maximum atomic E-state index is 13.5. The lowest BCUT2D eigenvalue weighted by molar-refractivity contribution is -0.136. The first-order valence-corrected chi connectivity index (χ1v) is 8.07. The zero-order chi connectivity index (χ0) is 20.0. The number of ether oxygens (including phenoxy) is 1. The van der Waals surface area contributed by atoms with Gasteiger partial charge in [0.05, 0.1) is 17.3 Å². The van der Waals surface area contributed by atoms with E-state index in [1.807, 2.05) is 0 Å². The van der Waals surface area contributed by atoms with Gasteiger partial charge >= 0.3 is 5.97 Å². The number of esters is 1. The minimum atomic E-state index is -1.31. The first-order valence-electron chi connectivity index (χ1n) is 7.69. The fourth-order valence-electron chi connectivity index (χ4n) is 2.06. The van der Waals surface area contributed by atoms with E-state index < -0.39 is 41.6 Å². The number of anilines is 1. The van der Waals surface area contributed by atoms with Crippen molar-refractivity contribution < 1.29 is 27.9 Å². The number of halogens is 3. The van der Waals surface area contributed by atoms with Crippen molar-refractivity contribution >= 4 is 35.1 Å². The van der Waals surface area contributed by atoms with Crippen LogP contribution in [-0.2, 0) is 14.3 Å². The van der Waals surface area contributed by atoms with Crippen LogP contribution in [0, 0.1) is 11.6 Å². The van der Waals surface area contributed by atoms with Crippen LogP contribution in [0.2, 0.25) is 5.02 Å². The number of carbonyl (C=O) groups excluding carboxylic acids is 3. The molecule has 27 heavy (non-hydrogen) atoms. The Balaban J connectivity index is 1.87. The summed E-state index contributed by atoms with van der Waals surface area (Å²) in [5, 5.41) is 2.86. The summed E-state index contributed by atoms with van der Waals surface area (Å²) in [4.78, 5) is 36.7. The first kappa shape index (κ1) is 20.3. The molecule has 0 saturated carbocycles. The highest BCUT2D eigenvalue weighted by Crippen LogP contribution is 2.20. The molecule has 6 nitrogen and oxygen atoms in total. The molecule has 1 N–H and O–H groups in total. The molecule has 2 rings (SSSR count). The van der Waals surface area contributed by atoms with Gasteiger partial charge in [-0.25, -0.2) is 13.6 Å². The lowest BCUT2D eigenvalue weighted by Crippen LogP contribution is -2.37. The van der Waals surface area contributed by atoms with Gasteiger partial charge in [-0.1, -0.05) is 29.8 Å². The van der Waals surface area contributed by atoms with Gasteiger partial charge in [-0.05, 0) is 24.3 Å². The van der Waals surface area contributed by atoms with Crippen LogP contribution in [0.15, 0.2) is 42.5 Å². The van der Waals surface area contributed by atoms with E-state index in [4.69, 9.17) is 11.6 Å². The molecule has 0 saturated heterocycles. The Kier molecular flexibility index (Phi) is 6.84. The molecule has 9 heteroatoms. The lowest BCUT2D eigenvalue weighted by atomic mass is 10.2. The van der Waals surface area contributed by atoms with Crippen LogP contribution in [-0.4, -0.2) is 42.9 Å². The number of likely N-dealkylation sites (N-methyl/N-ethyl adjacent to an activating group) is 1. The minimum absolute atomic E-state index is 0.334. The van der Waals surface area contributed by atoms with Crippen molar-refractivity contribution in [3.8, 4) is 0 Å². The molecule has 0 aliphatic carbocycles. The summed E-state index contributed by atoms with van der Waals surface area (Å²) in [6, 6.07) is 9.44. The molecule has 0 heterocycles. The van der Waals surface area contributed by atoms with Gasteiger partial charge in [0, 0.05) is 7.05 Å². The number of amides is 2. The zero-order valence-corrected chi connectivity index (χ0v) is 14.9. The molecule has 0 unspecified atom stereocenters. The van der Waals surface area contributed by atoms with Gasteiger partial charge in [-0.3, -0.25) is 9.59 Å². The third-order valence-electron chi connectivity index (χ3n) is 3.45. The average molecular weight is 397 g/mol. The predicted molar refractivity (Wildman–Crippen MR) is 94.4 cm³/mol. The second-order valence-electron chi connectivity index (χ2n) is 5.45. The maximum absolute atomic E-state index is 13.5. The highest BCUT2D eigenvalue weighted by Gasteiger charge is 2.21. The molecule has 0 aliphatic rings. The van der Waals surface area contributed by atoms with Crippen LogP contribution in [0.1, 0.15) is 10.4 Å². The molecule has 2 aromatic carbocycles. The molecule has 0 radical (unpaired) electrons. The van der Waals surface area contributed by atoms with E-state index >= 15 is 0 Å². The standard InChI is InChI=1S/C18H15ClF2N2O4/c1-23(9-15(24)22-14-8-3-2-5-11(14)19)16(25)10-27-18(26)17-12(20)6-4-7-13(17)21/h2-8H,9-10H2,1H3,(H,22,24). The largest absolute Gasteiger partial charge is 0.452 e. The predicted octanol–water partition coefficient (Wildman–Crippen LogP) is 2.87. The van der Waals surface area contributed by atoms with Crippen LogP contribution in [0.4, 0.5) is 14.5 Å². The number of hydrogen-bond donors (Lipinski definition) is 1. The quantitative estimate of drug-likeness (QED) is 0.762. The van der Waals surface area contributed by atoms with Crippen molar-refractivity contribution in [2.45, 2.75) is 0 Å². The molecular weight excluding hydrogens is 382 g/mol. The summed E-state index contributed by atoms with van der Waals surface area (Å²) in [7, 11) is 1.31. The van der Waals surface area contributed by atoms with Gasteiger partial charge < -0.3 is 15.0 Å². The Morgan fingerprint density at radius 1 is 1.07 bits per heavy atom. The van der Waals surface area contributed by atoms with Crippen molar-refractivity contribution in [1.82, 2.24) is 4.90 Å². The number of carbonyl (C=O) groups is 3. The van der Waals surface area contributed by atoms with Gasteiger partial charge in [0.1, 0.15) is 17.2 Å².